The maximum absolute atomic E-state index is 12.9. The van der Waals surface area contributed by atoms with Crippen molar-refractivity contribution in [1.82, 2.24) is 4.90 Å². The number of anilines is 1. The monoisotopic (exact) mass is 689 g/mol. The standard InChI is InChI=1S/C28H25BrIN3O3S/c1-32-27(34)26(37-28(32)31-22-7-9-23(10-8-22)33-12-14-35-15-13-33)17-20-4-11-25(24(30)16-20)36-18-19-2-5-21(29)6-3-19/h2-11,16-17H,12-15,18H2,1H3/b26-17-,31-28?. The highest BCUT2D eigenvalue weighted by Crippen LogP contribution is 2.34. The van der Waals surface area contributed by atoms with Gasteiger partial charge in [-0.3, -0.25) is 9.69 Å². The number of rotatable bonds is 6. The summed E-state index contributed by atoms with van der Waals surface area (Å²) in [4.78, 5) is 22.2. The Morgan fingerprint density at radius 3 is 2.51 bits per heavy atom. The number of amides is 1. The minimum atomic E-state index is -0.0562. The summed E-state index contributed by atoms with van der Waals surface area (Å²) in [6, 6.07) is 22.2. The molecule has 37 heavy (non-hydrogen) atoms. The summed E-state index contributed by atoms with van der Waals surface area (Å²) in [6.07, 6.45) is 1.91. The number of benzene rings is 3. The van der Waals surface area contributed by atoms with Crippen molar-refractivity contribution in [3.05, 3.63) is 90.8 Å². The number of amidine groups is 1. The first-order valence-corrected chi connectivity index (χ1v) is 14.5. The molecule has 0 saturated carbocycles. The van der Waals surface area contributed by atoms with Crippen LogP contribution in [0.3, 0.4) is 0 Å². The number of halogens is 2. The van der Waals surface area contributed by atoms with Gasteiger partial charge in [0.2, 0.25) is 0 Å². The molecular weight excluding hydrogens is 665 g/mol. The molecule has 1 amide bonds. The summed E-state index contributed by atoms with van der Waals surface area (Å²) < 4.78 is 13.5. The van der Waals surface area contributed by atoms with E-state index in [1.165, 1.54) is 11.8 Å². The summed E-state index contributed by atoms with van der Waals surface area (Å²) in [5, 5.41) is 0.666. The van der Waals surface area contributed by atoms with Gasteiger partial charge in [0.25, 0.3) is 5.91 Å². The number of aliphatic imine (C=N–C) groups is 1. The van der Waals surface area contributed by atoms with Crippen LogP contribution in [0, 0.1) is 3.57 Å². The predicted molar refractivity (Wildman–Crippen MR) is 163 cm³/mol. The molecule has 190 valence electrons. The van der Waals surface area contributed by atoms with Crippen LogP contribution in [-0.4, -0.2) is 49.3 Å². The van der Waals surface area contributed by atoms with Crippen molar-refractivity contribution in [2.75, 3.05) is 38.3 Å². The van der Waals surface area contributed by atoms with Gasteiger partial charge >= 0.3 is 0 Å². The highest BCUT2D eigenvalue weighted by molar-refractivity contribution is 14.1. The third kappa shape index (κ3) is 6.57. The lowest BCUT2D eigenvalue weighted by atomic mass is 10.2. The molecule has 0 unspecified atom stereocenters. The topological polar surface area (TPSA) is 54.4 Å². The van der Waals surface area contributed by atoms with Crippen molar-refractivity contribution < 1.29 is 14.3 Å². The third-order valence-electron chi connectivity index (χ3n) is 6.02. The smallest absolute Gasteiger partial charge is 0.266 e. The van der Waals surface area contributed by atoms with E-state index < -0.39 is 0 Å². The van der Waals surface area contributed by atoms with Crippen molar-refractivity contribution in [3.8, 4) is 5.75 Å². The van der Waals surface area contributed by atoms with Crippen LogP contribution in [0.4, 0.5) is 11.4 Å². The summed E-state index contributed by atoms with van der Waals surface area (Å²) >= 11 is 7.11. The van der Waals surface area contributed by atoms with Crippen LogP contribution in [0.25, 0.3) is 6.08 Å². The lowest BCUT2D eigenvalue weighted by Crippen LogP contribution is -2.36. The summed E-state index contributed by atoms with van der Waals surface area (Å²) in [7, 11) is 1.76. The molecule has 6 nitrogen and oxygen atoms in total. The molecule has 2 aliphatic heterocycles. The van der Waals surface area contributed by atoms with Crippen molar-refractivity contribution in [2.45, 2.75) is 6.61 Å². The molecule has 0 bridgehead atoms. The third-order valence-corrected chi connectivity index (χ3v) is 8.45. The molecule has 0 N–H and O–H groups in total. The quantitative estimate of drug-likeness (QED) is 0.213. The zero-order chi connectivity index (χ0) is 25.8. The van der Waals surface area contributed by atoms with Gasteiger partial charge < -0.3 is 14.4 Å². The predicted octanol–water partition coefficient (Wildman–Crippen LogP) is 6.70. The number of thioether (sulfide) groups is 1. The van der Waals surface area contributed by atoms with Gasteiger partial charge in [0, 0.05) is 30.3 Å². The molecule has 0 spiro atoms. The van der Waals surface area contributed by atoms with E-state index in [0.717, 1.165) is 62.6 Å². The van der Waals surface area contributed by atoms with E-state index >= 15 is 0 Å². The molecule has 2 aliphatic rings. The van der Waals surface area contributed by atoms with E-state index in [-0.39, 0.29) is 5.91 Å². The maximum Gasteiger partial charge on any atom is 0.266 e. The van der Waals surface area contributed by atoms with Gasteiger partial charge in [-0.1, -0.05) is 34.1 Å². The highest BCUT2D eigenvalue weighted by Gasteiger charge is 2.30. The fraction of sp³-hybridized carbons (Fsp3) is 0.214. The lowest BCUT2D eigenvalue weighted by Gasteiger charge is -2.28. The van der Waals surface area contributed by atoms with Gasteiger partial charge in [-0.05, 0) is 100 Å². The average Bonchev–Trinajstić information content (AvgIpc) is 3.17. The minimum Gasteiger partial charge on any atom is -0.488 e. The molecule has 3 aromatic rings. The van der Waals surface area contributed by atoms with Crippen LogP contribution < -0.4 is 9.64 Å². The first-order valence-electron chi connectivity index (χ1n) is 11.8. The Bertz CT molecular complexity index is 1340. The van der Waals surface area contributed by atoms with E-state index in [0.29, 0.717) is 16.7 Å². The number of carbonyl (C=O) groups excluding carboxylic acids is 1. The van der Waals surface area contributed by atoms with E-state index in [1.807, 2.05) is 60.7 Å². The molecule has 2 heterocycles. The molecule has 2 fully saturated rings. The second-order valence-electron chi connectivity index (χ2n) is 8.59. The first kappa shape index (κ1) is 26.3. The van der Waals surface area contributed by atoms with Gasteiger partial charge in [-0.25, -0.2) is 4.99 Å². The van der Waals surface area contributed by atoms with Gasteiger partial charge in [-0.2, -0.15) is 0 Å². The number of carbonyl (C=O) groups is 1. The molecule has 9 heteroatoms. The molecule has 0 aliphatic carbocycles. The Kier molecular flexibility index (Phi) is 8.53. The fourth-order valence-corrected chi connectivity index (χ4v) is 5.88. The zero-order valence-electron chi connectivity index (χ0n) is 20.2. The average molecular weight is 690 g/mol. The minimum absolute atomic E-state index is 0.0562. The van der Waals surface area contributed by atoms with Gasteiger partial charge in [0.1, 0.15) is 12.4 Å². The van der Waals surface area contributed by atoms with Crippen molar-refractivity contribution >= 4 is 78.8 Å². The maximum atomic E-state index is 12.9. The molecule has 3 aromatic carbocycles. The van der Waals surface area contributed by atoms with Crippen LogP contribution in [0.5, 0.6) is 5.75 Å². The fourth-order valence-electron chi connectivity index (χ4n) is 3.94. The molecule has 0 atom stereocenters. The van der Waals surface area contributed by atoms with Crippen LogP contribution >= 0.6 is 50.3 Å². The Labute approximate surface area is 243 Å². The molecular formula is C28H25BrIN3O3S. The molecule has 0 radical (unpaired) electrons. The van der Waals surface area contributed by atoms with Gasteiger partial charge in [-0.15, -0.1) is 0 Å². The van der Waals surface area contributed by atoms with E-state index in [4.69, 9.17) is 14.5 Å². The Morgan fingerprint density at radius 1 is 1.08 bits per heavy atom. The van der Waals surface area contributed by atoms with Crippen LogP contribution in [0.15, 0.2) is 81.1 Å². The number of nitrogens with zero attached hydrogens (tertiary/aromatic N) is 3. The lowest BCUT2D eigenvalue weighted by molar-refractivity contribution is -0.121. The Hall–Kier alpha value is -2.34. The largest absolute Gasteiger partial charge is 0.488 e. The van der Waals surface area contributed by atoms with E-state index in [2.05, 4.69) is 55.6 Å². The number of hydrogen-bond acceptors (Lipinski definition) is 6. The number of likely N-dealkylation sites (N-methyl/N-ethyl adjacent to an activating group) is 1. The molecule has 5 rings (SSSR count). The normalized spacial score (nSPS) is 18.2. The van der Waals surface area contributed by atoms with Crippen molar-refractivity contribution in [2.24, 2.45) is 4.99 Å². The summed E-state index contributed by atoms with van der Waals surface area (Å²) in [5.74, 6) is 0.759. The number of hydrogen-bond donors (Lipinski definition) is 0. The van der Waals surface area contributed by atoms with Crippen LogP contribution in [0.1, 0.15) is 11.1 Å². The SMILES string of the molecule is CN1C(=O)/C(=C/c2ccc(OCc3ccc(Br)cc3)c(I)c2)SC1=Nc1ccc(N2CCOCC2)cc1. The van der Waals surface area contributed by atoms with Crippen molar-refractivity contribution in [3.63, 3.8) is 0 Å². The molecule has 0 aromatic heterocycles. The summed E-state index contributed by atoms with van der Waals surface area (Å²) in [5.41, 5.74) is 4.03. The highest BCUT2D eigenvalue weighted by atomic mass is 127. The van der Waals surface area contributed by atoms with Gasteiger partial charge in [0.05, 0.1) is 27.4 Å². The molecule has 2 saturated heterocycles. The Balaban J connectivity index is 1.26. The van der Waals surface area contributed by atoms with E-state index in [9.17, 15) is 4.79 Å². The van der Waals surface area contributed by atoms with Crippen LogP contribution in [-0.2, 0) is 16.1 Å². The van der Waals surface area contributed by atoms with E-state index in [1.54, 1.807) is 11.9 Å². The number of morpholine rings is 1. The second kappa shape index (κ2) is 12.0. The first-order chi connectivity index (χ1) is 18.0. The van der Waals surface area contributed by atoms with Crippen molar-refractivity contribution in [1.29, 1.82) is 0 Å². The number of ether oxygens (including phenoxy) is 2. The summed E-state index contributed by atoms with van der Waals surface area (Å²) in [6.45, 7) is 3.79. The van der Waals surface area contributed by atoms with Gasteiger partial charge in [0.15, 0.2) is 5.17 Å². The second-order valence-corrected chi connectivity index (χ2v) is 11.7. The Morgan fingerprint density at radius 2 is 1.81 bits per heavy atom. The zero-order valence-corrected chi connectivity index (χ0v) is 24.8. The van der Waals surface area contributed by atoms with Crippen LogP contribution in [0.2, 0.25) is 0 Å².